The lowest BCUT2D eigenvalue weighted by Gasteiger charge is -2.42. The molecular formula is C15H29N3. The molecule has 18 heavy (non-hydrogen) atoms. The van der Waals surface area contributed by atoms with Crippen LogP contribution in [-0.2, 0) is 0 Å². The van der Waals surface area contributed by atoms with E-state index < -0.39 is 0 Å². The van der Waals surface area contributed by atoms with Crippen molar-refractivity contribution in [3.8, 4) is 0 Å². The van der Waals surface area contributed by atoms with Crippen LogP contribution < -0.4 is 5.32 Å². The van der Waals surface area contributed by atoms with E-state index in [1.807, 2.05) is 7.05 Å². The predicted octanol–water partition coefficient (Wildman–Crippen LogP) is 2.87. The van der Waals surface area contributed by atoms with Crippen LogP contribution in [0.4, 0.5) is 0 Å². The summed E-state index contributed by atoms with van der Waals surface area (Å²) < 4.78 is 0. The Bertz CT molecular complexity index is 309. The molecule has 2 rings (SSSR count). The SMILES string of the molecule is CCCC1(C)CCCN(C(=NC)NC2CC2C)C1. The summed E-state index contributed by atoms with van der Waals surface area (Å²) >= 11 is 0. The summed E-state index contributed by atoms with van der Waals surface area (Å²) in [4.78, 5) is 6.96. The molecule has 0 radical (unpaired) electrons. The van der Waals surface area contributed by atoms with Crippen molar-refractivity contribution in [2.45, 2.75) is 58.9 Å². The monoisotopic (exact) mass is 251 g/mol. The van der Waals surface area contributed by atoms with Gasteiger partial charge in [0.1, 0.15) is 0 Å². The molecule has 3 heteroatoms. The van der Waals surface area contributed by atoms with Gasteiger partial charge in [-0.2, -0.15) is 0 Å². The maximum absolute atomic E-state index is 4.48. The molecule has 0 amide bonds. The number of nitrogens with one attached hydrogen (secondary N) is 1. The molecule has 0 aromatic heterocycles. The lowest BCUT2D eigenvalue weighted by atomic mass is 9.78. The Morgan fingerprint density at radius 3 is 2.78 bits per heavy atom. The van der Waals surface area contributed by atoms with Crippen LogP contribution in [0.3, 0.4) is 0 Å². The second-order valence-electron chi connectivity index (χ2n) is 6.60. The van der Waals surface area contributed by atoms with Gasteiger partial charge in [0.2, 0.25) is 0 Å². The van der Waals surface area contributed by atoms with Crippen LogP contribution in [0.2, 0.25) is 0 Å². The number of likely N-dealkylation sites (tertiary alicyclic amines) is 1. The van der Waals surface area contributed by atoms with Crippen molar-refractivity contribution in [3.63, 3.8) is 0 Å². The van der Waals surface area contributed by atoms with Crippen LogP contribution in [0.15, 0.2) is 4.99 Å². The Balaban J connectivity index is 1.94. The normalized spacial score (nSPS) is 36.7. The maximum atomic E-state index is 4.48. The Kier molecular flexibility index (Phi) is 4.18. The van der Waals surface area contributed by atoms with E-state index in [0.29, 0.717) is 11.5 Å². The molecule has 2 aliphatic rings. The minimum Gasteiger partial charge on any atom is -0.353 e. The lowest BCUT2D eigenvalue weighted by Crippen LogP contribution is -2.50. The van der Waals surface area contributed by atoms with Crippen molar-refractivity contribution in [1.29, 1.82) is 0 Å². The van der Waals surface area contributed by atoms with Gasteiger partial charge in [-0.05, 0) is 37.0 Å². The van der Waals surface area contributed by atoms with E-state index in [0.717, 1.165) is 11.9 Å². The molecule has 3 unspecified atom stereocenters. The zero-order valence-electron chi connectivity index (χ0n) is 12.5. The van der Waals surface area contributed by atoms with Gasteiger partial charge in [-0.25, -0.2) is 0 Å². The average molecular weight is 251 g/mol. The van der Waals surface area contributed by atoms with Gasteiger partial charge in [0.25, 0.3) is 0 Å². The van der Waals surface area contributed by atoms with Crippen LogP contribution >= 0.6 is 0 Å². The summed E-state index contributed by atoms with van der Waals surface area (Å²) in [6.07, 6.45) is 6.60. The van der Waals surface area contributed by atoms with E-state index in [1.54, 1.807) is 0 Å². The Morgan fingerprint density at radius 1 is 1.50 bits per heavy atom. The first kappa shape index (κ1) is 13.7. The second kappa shape index (κ2) is 5.50. The first-order valence-electron chi connectivity index (χ1n) is 7.56. The quantitative estimate of drug-likeness (QED) is 0.617. The van der Waals surface area contributed by atoms with Gasteiger partial charge in [0, 0.05) is 26.2 Å². The fourth-order valence-electron chi connectivity index (χ4n) is 3.29. The van der Waals surface area contributed by atoms with Crippen molar-refractivity contribution >= 4 is 5.96 Å². The van der Waals surface area contributed by atoms with E-state index in [1.165, 1.54) is 45.2 Å². The van der Waals surface area contributed by atoms with E-state index in [9.17, 15) is 0 Å². The third-order valence-electron chi connectivity index (χ3n) is 4.57. The fraction of sp³-hybridized carbons (Fsp3) is 0.933. The molecule has 3 nitrogen and oxygen atoms in total. The molecule has 0 spiro atoms. The average Bonchev–Trinajstić information content (AvgIpc) is 3.02. The Labute approximate surface area is 112 Å². The van der Waals surface area contributed by atoms with Crippen LogP contribution in [-0.4, -0.2) is 37.0 Å². The molecule has 0 bridgehead atoms. The number of hydrogen-bond donors (Lipinski definition) is 1. The highest BCUT2D eigenvalue weighted by Crippen LogP contribution is 2.34. The van der Waals surface area contributed by atoms with E-state index in [4.69, 9.17) is 0 Å². The van der Waals surface area contributed by atoms with Crippen molar-refractivity contribution < 1.29 is 0 Å². The minimum atomic E-state index is 0.486. The summed E-state index contributed by atoms with van der Waals surface area (Å²) in [6.45, 7) is 9.38. The summed E-state index contributed by atoms with van der Waals surface area (Å²) in [5.41, 5.74) is 0.486. The molecule has 1 saturated carbocycles. The lowest BCUT2D eigenvalue weighted by molar-refractivity contribution is 0.142. The summed E-state index contributed by atoms with van der Waals surface area (Å²) in [7, 11) is 1.92. The Morgan fingerprint density at radius 2 is 2.22 bits per heavy atom. The zero-order chi connectivity index (χ0) is 13.2. The van der Waals surface area contributed by atoms with Crippen LogP contribution in [0.1, 0.15) is 52.9 Å². The van der Waals surface area contributed by atoms with Gasteiger partial charge in [-0.15, -0.1) is 0 Å². The highest BCUT2D eigenvalue weighted by molar-refractivity contribution is 5.80. The van der Waals surface area contributed by atoms with Crippen molar-refractivity contribution in [3.05, 3.63) is 0 Å². The van der Waals surface area contributed by atoms with Crippen LogP contribution in [0.5, 0.6) is 0 Å². The van der Waals surface area contributed by atoms with Gasteiger partial charge in [-0.1, -0.05) is 27.2 Å². The first-order chi connectivity index (χ1) is 8.58. The maximum Gasteiger partial charge on any atom is 0.193 e. The number of hydrogen-bond acceptors (Lipinski definition) is 1. The van der Waals surface area contributed by atoms with E-state index in [2.05, 4.69) is 36.0 Å². The number of piperidine rings is 1. The zero-order valence-corrected chi connectivity index (χ0v) is 12.5. The number of aliphatic imine (C=N–C) groups is 1. The largest absolute Gasteiger partial charge is 0.353 e. The molecule has 0 aromatic rings. The van der Waals surface area contributed by atoms with E-state index in [-0.39, 0.29) is 0 Å². The number of rotatable bonds is 3. The first-order valence-corrected chi connectivity index (χ1v) is 7.56. The molecule has 2 fully saturated rings. The van der Waals surface area contributed by atoms with Gasteiger partial charge in [-0.3, -0.25) is 4.99 Å². The molecular weight excluding hydrogens is 222 g/mol. The predicted molar refractivity (Wildman–Crippen MR) is 77.9 cm³/mol. The third kappa shape index (κ3) is 3.18. The molecule has 0 aromatic carbocycles. The molecule has 1 N–H and O–H groups in total. The summed E-state index contributed by atoms with van der Waals surface area (Å²) in [5, 5.41) is 3.62. The third-order valence-corrected chi connectivity index (χ3v) is 4.57. The molecule has 1 heterocycles. The van der Waals surface area contributed by atoms with Crippen LogP contribution in [0, 0.1) is 11.3 Å². The second-order valence-corrected chi connectivity index (χ2v) is 6.60. The molecule has 104 valence electrons. The highest BCUT2D eigenvalue weighted by Gasteiger charge is 2.36. The Hall–Kier alpha value is -0.730. The van der Waals surface area contributed by atoms with Crippen molar-refractivity contribution in [2.24, 2.45) is 16.3 Å². The van der Waals surface area contributed by atoms with Crippen LogP contribution in [0.25, 0.3) is 0 Å². The minimum absolute atomic E-state index is 0.486. The smallest absolute Gasteiger partial charge is 0.193 e. The molecule has 3 atom stereocenters. The standard InChI is InChI=1S/C15H29N3/c1-5-7-15(3)8-6-9-18(11-15)14(16-4)17-13-10-12(13)2/h12-13H,5-11H2,1-4H3,(H,16,17). The van der Waals surface area contributed by atoms with Gasteiger partial charge in [0.15, 0.2) is 5.96 Å². The number of guanidine groups is 1. The van der Waals surface area contributed by atoms with Crippen molar-refractivity contribution in [1.82, 2.24) is 10.2 Å². The summed E-state index contributed by atoms with van der Waals surface area (Å²) in [5.74, 6) is 1.96. The van der Waals surface area contributed by atoms with E-state index >= 15 is 0 Å². The molecule has 1 aliphatic carbocycles. The van der Waals surface area contributed by atoms with Gasteiger partial charge >= 0.3 is 0 Å². The molecule has 1 aliphatic heterocycles. The van der Waals surface area contributed by atoms with Gasteiger partial charge in [0.05, 0.1) is 0 Å². The van der Waals surface area contributed by atoms with Crippen molar-refractivity contribution in [2.75, 3.05) is 20.1 Å². The highest BCUT2D eigenvalue weighted by atomic mass is 15.3. The summed E-state index contributed by atoms with van der Waals surface area (Å²) in [6, 6.07) is 0.669. The van der Waals surface area contributed by atoms with Gasteiger partial charge < -0.3 is 10.2 Å². The topological polar surface area (TPSA) is 27.6 Å². The fourth-order valence-corrected chi connectivity index (χ4v) is 3.29. The number of nitrogens with zero attached hydrogens (tertiary/aromatic N) is 2. The molecule has 1 saturated heterocycles.